The Hall–Kier alpha value is -2.53. The van der Waals surface area contributed by atoms with Crippen molar-refractivity contribution in [2.24, 2.45) is 5.41 Å². The number of halogens is 1. The average Bonchev–Trinajstić information content (AvgIpc) is 3.15. The molecule has 5 heteroatoms. The lowest BCUT2D eigenvalue weighted by atomic mass is 9.79. The van der Waals surface area contributed by atoms with Gasteiger partial charge in [-0.05, 0) is 68.6 Å². The van der Waals surface area contributed by atoms with Crippen molar-refractivity contribution < 1.29 is 14.0 Å². The predicted octanol–water partition coefficient (Wildman–Crippen LogP) is 3.91. The van der Waals surface area contributed by atoms with Crippen LogP contribution in [0.5, 0.6) is 0 Å². The van der Waals surface area contributed by atoms with Gasteiger partial charge >= 0.3 is 0 Å². The number of likely N-dealkylation sites (tertiary alicyclic amines) is 1. The maximum absolute atomic E-state index is 14.2. The van der Waals surface area contributed by atoms with Crippen molar-refractivity contribution in [2.45, 2.75) is 26.2 Å². The van der Waals surface area contributed by atoms with Crippen LogP contribution in [0.1, 0.15) is 46.9 Å². The molecule has 0 aromatic heterocycles. The molecule has 2 saturated heterocycles. The highest BCUT2D eigenvalue weighted by Crippen LogP contribution is 2.36. The van der Waals surface area contributed by atoms with Crippen LogP contribution in [0.2, 0.25) is 0 Å². The lowest BCUT2D eigenvalue weighted by Gasteiger charge is -2.40. The van der Waals surface area contributed by atoms with E-state index in [2.05, 4.69) is 5.32 Å². The predicted molar refractivity (Wildman–Crippen MR) is 107 cm³/mol. The lowest BCUT2D eigenvalue weighted by molar-refractivity contribution is 0.0553. The van der Waals surface area contributed by atoms with Crippen molar-refractivity contribution in [2.75, 3.05) is 26.2 Å². The van der Waals surface area contributed by atoms with Crippen LogP contribution in [0.4, 0.5) is 4.39 Å². The molecule has 1 spiro atoms. The quantitative estimate of drug-likeness (QED) is 0.822. The number of rotatable bonds is 3. The molecule has 2 aromatic rings. The van der Waals surface area contributed by atoms with Gasteiger partial charge in [0.15, 0.2) is 5.78 Å². The summed E-state index contributed by atoms with van der Waals surface area (Å²) in [6.07, 6.45) is 3.34. The molecule has 1 atom stereocenters. The number of nitrogens with one attached hydrogen (secondary N) is 1. The minimum Gasteiger partial charge on any atom is -0.338 e. The first-order valence-corrected chi connectivity index (χ1v) is 9.88. The zero-order chi connectivity index (χ0) is 19.7. The smallest absolute Gasteiger partial charge is 0.253 e. The van der Waals surface area contributed by atoms with Crippen molar-refractivity contribution >= 4 is 11.7 Å². The first-order valence-electron chi connectivity index (χ1n) is 9.88. The molecule has 1 N–H and O–H groups in total. The van der Waals surface area contributed by atoms with E-state index in [4.69, 9.17) is 0 Å². The Bertz CT molecular complexity index is 901. The highest BCUT2D eigenvalue weighted by Gasteiger charge is 2.39. The molecule has 2 aliphatic rings. The lowest BCUT2D eigenvalue weighted by Crippen LogP contribution is -2.47. The van der Waals surface area contributed by atoms with Crippen molar-refractivity contribution in [1.82, 2.24) is 10.2 Å². The second-order valence-electron chi connectivity index (χ2n) is 8.09. The van der Waals surface area contributed by atoms with Gasteiger partial charge in [0.25, 0.3) is 5.91 Å². The van der Waals surface area contributed by atoms with E-state index < -0.39 is 0 Å². The van der Waals surface area contributed by atoms with Crippen molar-refractivity contribution in [3.8, 4) is 11.1 Å². The maximum Gasteiger partial charge on any atom is 0.253 e. The summed E-state index contributed by atoms with van der Waals surface area (Å²) in [7, 11) is 0. The van der Waals surface area contributed by atoms with Gasteiger partial charge in [-0.25, -0.2) is 4.39 Å². The van der Waals surface area contributed by atoms with E-state index in [1.807, 2.05) is 4.90 Å². The molecule has 4 nitrogen and oxygen atoms in total. The number of amides is 1. The molecule has 4 rings (SSSR count). The first kappa shape index (κ1) is 18.8. The topological polar surface area (TPSA) is 49.4 Å². The van der Waals surface area contributed by atoms with E-state index in [9.17, 15) is 14.0 Å². The number of benzene rings is 2. The van der Waals surface area contributed by atoms with Crippen LogP contribution in [0.25, 0.3) is 11.1 Å². The van der Waals surface area contributed by atoms with E-state index in [0.29, 0.717) is 22.3 Å². The summed E-state index contributed by atoms with van der Waals surface area (Å²) >= 11 is 0. The number of piperidine rings is 1. The van der Waals surface area contributed by atoms with Gasteiger partial charge in [-0.3, -0.25) is 9.59 Å². The summed E-state index contributed by atoms with van der Waals surface area (Å²) < 4.78 is 14.2. The number of hydrogen-bond donors (Lipinski definition) is 1. The van der Waals surface area contributed by atoms with Gasteiger partial charge in [0, 0.05) is 41.7 Å². The highest BCUT2D eigenvalue weighted by atomic mass is 19.1. The van der Waals surface area contributed by atoms with Crippen LogP contribution in [0, 0.1) is 11.2 Å². The second kappa shape index (κ2) is 7.47. The Kier molecular flexibility index (Phi) is 5.02. The molecule has 0 bridgehead atoms. The fourth-order valence-corrected chi connectivity index (χ4v) is 4.47. The van der Waals surface area contributed by atoms with Gasteiger partial charge in [-0.1, -0.05) is 12.1 Å². The average molecular weight is 380 g/mol. The second-order valence-corrected chi connectivity index (χ2v) is 8.09. The van der Waals surface area contributed by atoms with Crippen LogP contribution in [0.15, 0.2) is 42.5 Å². The zero-order valence-corrected chi connectivity index (χ0v) is 16.1. The number of Topliss-reactive ketones (excluding diaryl/α,β-unsaturated/α-hetero) is 1. The Balaban J connectivity index is 1.54. The van der Waals surface area contributed by atoms with Gasteiger partial charge in [0.1, 0.15) is 5.82 Å². The minimum absolute atomic E-state index is 0.0375. The third kappa shape index (κ3) is 3.59. The Labute approximate surface area is 164 Å². The van der Waals surface area contributed by atoms with Gasteiger partial charge in [-0.2, -0.15) is 0 Å². The van der Waals surface area contributed by atoms with Crippen LogP contribution in [-0.2, 0) is 0 Å². The number of nitrogens with zero attached hydrogens (tertiary/aromatic N) is 1. The summed E-state index contributed by atoms with van der Waals surface area (Å²) in [5.41, 5.74) is 2.35. The van der Waals surface area contributed by atoms with E-state index in [1.165, 1.54) is 25.5 Å². The molecule has 2 heterocycles. The molecule has 0 aliphatic carbocycles. The fourth-order valence-electron chi connectivity index (χ4n) is 4.47. The monoisotopic (exact) mass is 380 g/mol. The van der Waals surface area contributed by atoms with Crippen molar-refractivity contribution in [3.63, 3.8) is 0 Å². The summed E-state index contributed by atoms with van der Waals surface area (Å²) in [5.74, 6) is -0.445. The summed E-state index contributed by atoms with van der Waals surface area (Å²) in [5, 5.41) is 3.43. The molecule has 2 aromatic carbocycles. The Morgan fingerprint density at radius 3 is 2.50 bits per heavy atom. The molecule has 0 radical (unpaired) electrons. The molecule has 0 saturated carbocycles. The first-order chi connectivity index (χ1) is 13.5. The molecular formula is C23H25FN2O2. The molecule has 28 heavy (non-hydrogen) atoms. The van der Waals surface area contributed by atoms with Crippen LogP contribution >= 0.6 is 0 Å². The summed E-state index contributed by atoms with van der Waals surface area (Å²) in [6.45, 7) is 5.07. The standard InChI is InChI=1S/C23H25FN2O2/c1-16(27)19-7-8-21(24)20(13-19)17-3-5-18(6-4-17)22(28)26-12-2-9-23(15-26)10-11-25-14-23/h3-8,13,25H,2,9-12,14-15H2,1H3/t23-/m1/s1. The third-order valence-electron chi connectivity index (χ3n) is 6.10. The van der Waals surface area contributed by atoms with E-state index in [0.717, 1.165) is 39.0 Å². The zero-order valence-electron chi connectivity index (χ0n) is 16.1. The molecule has 1 amide bonds. The van der Waals surface area contributed by atoms with Gasteiger partial charge in [0.2, 0.25) is 0 Å². The number of ketones is 1. The van der Waals surface area contributed by atoms with Gasteiger partial charge in [0.05, 0.1) is 0 Å². The van der Waals surface area contributed by atoms with Crippen molar-refractivity contribution in [1.29, 1.82) is 0 Å². The summed E-state index contributed by atoms with van der Waals surface area (Å²) in [6, 6.07) is 11.4. The molecular weight excluding hydrogens is 355 g/mol. The Morgan fingerprint density at radius 1 is 1.07 bits per heavy atom. The maximum atomic E-state index is 14.2. The van der Waals surface area contributed by atoms with Gasteiger partial charge < -0.3 is 10.2 Å². The molecule has 146 valence electrons. The van der Waals surface area contributed by atoms with Crippen LogP contribution < -0.4 is 5.32 Å². The molecule has 2 fully saturated rings. The van der Waals surface area contributed by atoms with E-state index >= 15 is 0 Å². The number of carbonyl (C=O) groups excluding carboxylic acids is 2. The van der Waals surface area contributed by atoms with Crippen LogP contribution in [-0.4, -0.2) is 42.8 Å². The fraction of sp³-hybridized carbons (Fsp3) is 0.391. The largest absolute Gasteiger partial charge is 0.338 e. The van der Waals surface area contributed by atoms with E-state index in [1.54, 1.807) is 30.3 Å². The normalized spacial score (nSPS) is 21.9. The SMILES string of the molecule is CC(=O)c1ccc(F)c(-c2ccc(C(=O)N3CCC[C@]4(CCNC4)C3)cc2)c1. The highest BCUT2D eigenvalue weighted by molar-refractivity contribution is 5.96. The third-order valence-corrected chi connectivity index (χ3v) is 6.10. The van der Waals surface area contributed by atoms with Crippen LogP contribution in [0.3, 0.4) is 0 Å². The summed E-state index contributed by atoms with van der Waals surface area (Å²) in [4.78, 5) is 26.5. The number of hydrogen-bond acceptors (Lipinski definition) is 3. The van der Waals surface area contributed by atoms with Gasteiger partial charge in [-0.15, -0.1) is 0 Å². The number of carbonyl (C=O) groups is 2. The Morgan fingerprint density at radius 2 is 1.82 bits per heavy atom. The van der Waals surface area contributed by atoms with Crippen molar-refractivity contribution in [3.05, 3.63) is 59.4 Å². The minimum atomic E-state index is -0.379. The molecule has 0 unspecified atom stereocenters. The molecule has 2 aliphatic heterocycles. The van der Waals surface area contributed by atoms with E-state index in [-0.39, 0.29) is 22.9 Å².